The molecule has 0 amide bonds. The van der Waals surface area contributed by atoms with Gasteiger partial charge in [0.05, 0.1) is 0 Å². The maximum absolute atomic E-state index is 11.3. The van der Waals surface area contributed by atoms with Gasteiger partial charge in [-0.25, -0.2) is 0 Å². The first-order valence-electron chi connectivity index (χ1n) is 5.67. The van der Waals surface area contributed by atoms with Crippen LogP contribution in [0, 0.1) is 0 Å². The second-order valence-electron chi connectivity index (χ2n) is 4.24. The average Bonchev–Trinajstić information content (AvgIpc) is 2.80. The lowest BCUT2D eigenvalue weighted by Gasteiger charge is -2.17. The Morgan fingerprint density at radius 1 is 1.31 bits per heavy atom. The van der Waals surface area contributed by atoms with Crippen molar-refractivity contribution >= 4 is 5.78 Å². The lowest BCUT2D eigenvalue weighted by molar-refractivity contribution is -0.117. The second kappa shape index (κ2) is 4.93. The van der Waals surface area contributed by atoms with E-state index in [-0.39, 0.29) is 11.7 Å². The van der Waals surface area contributed by atoms with Crippen molar-refractivity contribution in [2.75, 3.05) is 0 Å². The van der Waals surface area contributed by atoms with E-state index >= 15 is 0 Å². The third kappa shape index (κ3) is 2.48. The van der Waals surface area contributed by atoms with Gasteiger partial charge >= 0.3 is 0 Å². The minimum absolute atomic E-state index is 0.252. The first kappa shape index (κ1) is 10.9. The van der Waals surface area contributed by atoms with E-state index in [2.05, 4.69) is 30.4 Å². The summed E-state index contributed by atoms with van der Waals surface area (Å²) in [6.07, 6.45) is 7.95. The molecule has 1 heteroatoms. The largest absolute Gasteiger partial charge is 0.300 e. The molecule has 0 bridgehead atoms. The molecule has 1 nitrogen and oxygen atoms in total. The Morgan fingerprint density at radius 3 is 2.62 bits per heavy atom. The Bertz CT molecular complexity index is 426. The number of hydrogen-bond donors (Lipinski definition) is 0. The number of carbonyl (C=O) groups is 1. The fourth-order valence-electron chi connectivity index (χ4n) is 2.16. The van der Waals surface area contributed by atoms with Gasteiger partial charge < -0.3 is 0 Å². The molecule has 0 heterocycles. The van der Waals surface area contributed by atoms with E-state index in [1.54, 1.807) is 6.92 Å². The SMILES string of the molecule is CC(=O)CC(C1=CC=CC1)c1ccccc1. The lowest BCUT2D eigenvalue weighted by atomic mass is 9.86. The van der Waals surface area contributed by atoms with E-state index in [4.69, 9.17) is 0 Å². The van der Waals surface area contributed by atoms with Crippen LogP contribution in [0.2, 0.25) is 0 Å². The maximum atomic E-state index is 11.3. The summed E-state index contributed by atoms with van der Waals surface area (Å²) in [7, 11) is 0. The molecule has 1 atom stereocenters. The predicted molar refractivity (Wildman–Crippen MR) is 66.3 cm³/mol. The number of ketones is 1. The summed E-state index contributed by atoms with van der Waals surface area (Å²) in [6.45, 7) is 1.67. The van der Waals surface area contributed by atoms with E-state index in [1.807, 2.05) is 18.2 Å². The van der Waals surface area contributed by atoms with Gasteiger partial charge in [0, 0.05) is 12.3 Å². The number of hydrogen-bond acceptors (Lipinski definition) is 1. The highest BCUT2D eigenvalue weighted by atomic mass is 16.1. The Hall–Kier alpha value is -1.63. The monoisotopic (exact) mass is 212 g/mol. The molecule has 0 radical (unpaired) electrons. The van der Waals surface area contributed by atoms with Crippen molar-refractivity contribution in [3.63, 3.8) is 0 Å². The van der Waals surface area contributed by atoms with Gasteiger partial charge in [-0.3, -0.25) is 4.79 Å². The maximum Gasteiger partial charge on any atom is 0.130 e. The molecule has 2 rings (SSSR count). The summed E-state index contributed by atoms with van der Waals surface area (Å²) in [4.78, 5) is 11.3. The molecule has 0 aromatic heterocycles. The van der Waals surface area contributed by atoms with Crippen LogP contribution in [0.1, 0.15) is 31.2 Å². The minimum Gasteiger partial charge on any atom is -0.300 e. The third-order valence-corrected chi connectivity index (χ3v) is 2.94. The molecule has 16 heavy (non-hydrogen) atoms. The Kier molecular flexibility index (Phi) is 3.35. The van der Waals surface area contributed by atoms with E-state index in [0.717, 1.165) is 6.42 Å². The van der Waals surface area contributed by atoms with Crippen LogP contribution in [0.5, 0.6) is 0 Å². The molecule has 1 aromatic rings. The fourth-order valence-corrected chi connectivity index (χ4v) is 2.16. The van der Waals surface area contributed by atoms with Crippen molar-refractivity contribution in [2.24, 2.45) is 0 Å². The number of allylic oxidation sites excluding steroid dienone is 4. The quantitative estimate of drug-likeness (QED) is 0.744. The highest BCUT2D eigenvalue weighted by Gasteiger charge is 2.18. The summed E-state index contributed by atoms with van der Waals surface area (Å²) in [5.41, 5.74) is 2.59. The number of rotatable bonds is 4. The fraction of sp³-hybridized carbons (Fsp3) is 0.267. The number of carbonyl (C=O) groups excluding carboxylic acids is 1. The molecule has 0 N–H and O–H groups in total. The normalized spacial score (nSPS) is 15.9. The average molecular weight is 212 g/mol. The molecule has 0 fully saturated rings. The Labute approximate surface area is 96.5 Å². The summed E-state index contributed by atoms with van der Waals surface area (Å²) >= 11 is 0. The van der Waals surface area contributed by atoms with Gasteiger partial charge in [-0.2, -0.15) is 0 Å². The molecule has 0 spiro atoms. The summed E-state index contributed by atoms with van der Waals surface area (Å²) < 4.78 is 0. The third-order valence-electron chi connectivity index (χ3n) is 2.94. The van der Waals surface area contributed by atoms with Crippen LogP contribution in [0.15, 0.2) is 54.1 Å². The van der Waals surface area contributed by atoms with Crippen LogP contribution in [0.3, 0.4) is 0 Å². The summed E-state index contributed by atoms with van der Waals surface area (Å²) in [5, 5.41) is 0. The van der Waals surface area contributed by atoms with E-state index in [0.29, 0.717) is 6.42 Å². The number of benzene rings is 1. The van der Waals surface area contributed by atoms with E-state index in [9.17, 15) is 4.79 Å². The van der Waals surface area contributed by atoms with Gasteiger partial charge in [0.15, 0.2) is 0 Å². The molecule has 0 saturated carbocycles. The Balaban J connectivity index is 2.24. The van der Waals surface area contributed by atoms with Gasteiger partial charge in [0.25, 0.3) is 0 Å². The van der Waals surface area contributed by atoms with Gasteiger partial charge in [0.1, 0.15) is 5.78 Å². The van der Waals surface area contributed by atoms with Gasteiger partial charge in [-0.05, 0) is 18.9 Å². The zero-order valence-electron chi connectivity index (χ0n) is 9.52. The highest BCUT2D eigenvalue weighted by Crippen LogP contribution is 2.32. The predicted octanol–water partition coefficient (Wildman–Crippen LogP) is 3.64. The first-order chi connectivity index (χ1) is 7.77. The zero-order valence-corrected chi connectivity index (χ0v) is 9.52. The van der Waals surface area contributed by atoms with E-state index < -0.39 is 0 Å². The number of Topliss-reactive ketones (excluding diaryl/α,β-unsaturated/α-hetero) is 1. The minimum atomic E-state index is 0.252. The summed E-state index contributed by atoms with van der Waals surface area (Å²) in [5.74, 6) is 0.510. The van der Waals surface area contributed by atoms with E-state index in [1.165, 1.54) is 11.1 Å². The molecule has 1 aliphatic rings. The van der Waals surface area contributed by atoms with Crippen LogP contribution >= 0.6 is 0 Å². The molecular formula is C15H16O. The van der Waals surface area contributed by atoms with Crippen molar-refractivity contribution < 1.29 is 4.79 Å². The van der Waals surface area contributed by atoms with Crippen LogP contribution in [-0.2, 0) is 4.79 Å². The van der Waals surface area contributed by atoms with Gasteiger partial charge in [-0.1, -0.05) is 54.1 Å². The van der Waals surface area contributed by atoms with Crippen molar-refractivity contribution in [2.45, 2.75) is 25.7 Å². The van der Waals surface area contributed by atoms with Crippen molar-refractivity contribution in [1.82, 2.24) is 0 Å². The lowest BCUT2D eigenvalue weighted by Crippen LogP contribution is -2.06. The van der Waals surface area contributed by atoms with Crippen LogP contribution in [0.25, 0.3) is 0 Å². The highest BCUT2D eigenvalue weighted by molar-refractivity contribution is 5.77. The molecule has 82 valence electrons. The molecule has 0 aliphatic heterocycles. The molecule has 1 aromatic carbocycles. The van der Waals surface area contributed by atoms with Crippen LogP contribution in [-0.4, -0.2) is 5.78 Å². The van der Waals surface area contributed by atoms with Crippen molar-refractivity contribution in [1.29, 1.82) is 0 Å². The van der Waals surface area contributed by atoms with Gasteiger partial charge in [-0.15, -0.1) is 0 Å². The van der Waals surface area contributed by atoms with Crippen LogP contribution in [0.4, 0.5) is 0 Å². The van der Waals surface area contributed by atoms with Gasteiger partial charge in [0.2, 0.25) is 0 Å². The molecule has 1 unspecified atom stereocenters. The standard InChI is InChI=1S/C15H16O/c1-12(16)11-15(14-9-5-6-10-14)13-7-3-2-4-8-13/h2-9,15H,10-11H2,1H3. The Morgan fingerprint density at radius 2 is 2.06 bits per heavy atom. The van der Waals surface area contributed by atoms with Crippen molar-refractivity contribution in [3.05, 3.63) is 59.7 Å². The molecule has 0 saturated heterocycles. The topological polar surface area (TPSA) is 17.1 Å². The molecular weight excluding hydrogens is 196 g/mol. The second-order valence-corrected chi connectivity index (χ2v) is 4.24. The summed E-state index contributed by atoms with van der Waals surface area (Å²) in [6, 6.07) is 10.3. The molecule has 1 aliphatic carbocycles. The smallest absolute Gasteiger partial charge is 0.130 e. The zero-order chi connectivity index (χ0) is 11.4. The first-order valence-corrected chi connectivity index (χ1v) is 5.67. The van der Waals surface area contributed by atoms with Crippen molar-refractivity contribution in [3.8, 4) is 0 Å². The van der Waals surface area contributed by atoms with Crippen LogP contribution < -0.4 is 0 Å².